The number of aromatic carboxylic acids is 2. The van der Waals surface area contributed by atoms with Gasteiger partial charge in [0.25, 0.3) is 23.6 Å². The van der Waals surface area contributed by atoms with Gasteiger partial charge in [-0.2, -0.15) is 0 Å². The van der Waals surface area contributed by atoms with Gasteiger partial charge in [-0.15, -0.1) is 0 Å². The van der Waals surface area contributed by atoms with Crippen molar-refractivity contribution in [3.05, 3.63) is 118 Å². The molecule has 6 rings (SSSR count). The number of hydrogen-bond acceptors (Lipinski definition) is 7. The predicted octanol–water partition coefficient (Wildman–Crippen LogP) is 4.84. The van der Waals surface area contributed by atoms with E-state index in [1.807, 2.05) is 0 Å². The first kappa shape index (κ1) is 25.7. The Kier molecular flexibility index (Phi) is 6.00. The number of rotatable bonds is 6. The largest absolute Gasteiger partial charge is 0.478 e. The van der Waals surface area contributed by atoms with Crippen LogP contribution in [0.4, 0.5) is 11.4 Å². The summed E-state index contributed by atoms with van der Waals surface area (Å²) in [5.41, 5.74) is 0.758. The summed E-state index contributed by atoms with van der Waals surface area (Å²) in [6.45, 7) is 0. The van der Waals surface area contributed by atoms with Gasteiger partial charge >= 0.3 is 11.9 Å². The smallest absolute Gasteiger partial charge is 0.335 e. The van der Waals surface area contributed by atoms with Gasteiger partial charge in [-0.25, -0.2) is 19.4 Å². The maximum Gasteiger partial charge on any atom is 0.335 e. The van der Waals surface area contributed by atoms with E-state index in [2.05, 4.69) is 0 Å². The lowest BCUT2D eigenvalue weighted by atomic mass is 10.1. The highest BCUT2D eigenvalue weighted by molar-refractivity contribution is 7.99. The summed E-state index contributed by atoms with van der Waals surface area (Å²) in [6, 6.07) is 20.9. The molecule has 41 heavy (non-hydrogen) atoms. The van der Waals surface area contributed by atoms with Gasteiger partial charge in [0.1, 0.15) is 0 Å². The molecule has 2 aliphatic rings. The Balaban J connectivity index is 1.21. The highest BCUT2D eigenvalue weighted by Crippen LogP contribution is 2.36. The first-order chi connectivity index (χ1) is 19.6. The molecule has 4 amide bonds. The van der Waals surface area contributed by atoms with Gasteiger partial charge in [-0.3, -0.25) is 19.2 Å². The number of carboxylic acid groups (broad SMARTS) is 2. The summed E-state index contributed by atoms with van der Waals surface area (Å²) in [7, 11) is 0. The Morgan fingerprint density at radius 1 is 0.512 bits per heavy atom. The fourth-order valence-electron chi connectivity index (χ4n) is 4.70. The second-order valence-corrected chi connectivity index (χ2v) is 10.3. The van der Waals surface area contributed by atoms with Crippen molar-refractivity contribution in [1.29, 1.82) is 0 Å². The molecule has 0 aromatic heterocycles. The van der Waals surface area contributed by atoms with E-state index in [1.54, 1.807) is 48.5 Å². The van der Waals surface area contributed by atoms with Crippen molar-refractivity contribution >= 4 is 58.7 Å². The van der Waals surface area contributed by atoms with Gasteiger partial charge in [0.05, 0.1) is 44.8 Å². The number of hydrogen-bond donors (Lipinski definition) is 2. The molecule has 0 saturated heterocycles. The van der Waals surface area contributed by atoms with Crippen molar-refractivity contribution < 1.29 is 39.0 Å². The summed E-state index contributed by atoms with van der Waals surface area (Å²) in [6.07, 6.45) is 0. The lowest BCUT2D eigenvalue weighted by molar-refractivity contribution is 0.0686. The van der Waals surface area contributed by atoms with Gasteiger partial charge in [0.2, 0.25) is 0 Å². The van der Waals surface area contributed by atoms with Crippen molar-refractivity contribution in [1.82, 2.24) is 0 Å². The van der Waals surface area contributed by atoms with Crippen LogP contribution in [-0.4, -0.2) is 45.8 Å². The minimum absolute atomic E-state index is 0.0240. The molecule has 0 atom stereocenters. The minimum Gasteiger partial charge on any atom is -0.478 e. The molecule has 2 N–H and O–H groups in total. The molecule has 0 saturated carbocycles. The maximum absolute atomic E-state index is 13.0. The van der Waals surface area contributed by atoms with Crippen LogP contribution in [0.2, 0.25) is 0 Å². The van der Waals surface area contributed by atoms with Crippen molar-refractivity contribution in [2.45, 2.75) is 9.79 Å². The average Bonchev–Trinajstić information content (AvgIpc) is 3.37. The zero-order chi connectivity index (χ0) is 29.0. The number of anilines is 2. The zero-order valence-electron chi connectivity index (χ0n) is 20.7. The molecular weight excluding hydrogens is 548 g/mol. The van der Waals surface area contributed by atoms with Gasteiger partial charge in [-0.1, -0.05) is 17.8 Å². The van der Waals surface area contributed by atoms with Crippen LogP contribution >= 0.6 is 11.8 Å². The molecule has 11 heteroatoms. The van der Waals surface area contributed by atoms with E-state index in [4.69, 9.17) is 0 Å². The number of carboxylic acids is 2. The van der Waals surface area contributed by atoms with Gasteiger partial charge in [-0.05, 0) is 78.9 Å². The first-order valence-electron chi connectivity index (χ1n) is 12.0. The highest BCUT2D eigenvalue weighted by atomic mass is 32.2. The monoisotopic (exact) mass is 564 g/mol. The molecule has 0 spiro atoms. The molecule has 2 aliphatic heterocycles. The van der Waals surface area contributed by atoms with Crippen LogP contribution < -0.4 is 9.80 Å². The Labute approximate surface area is 235 Å². The number of carbonyl (C=O) groups excluding carboxylic acids is 4. The maximum atomic E-state index is 13.0. The number of imide groups is 2. The van der Waals surface area contributed by atoms with Crippen LogP contribution in [-0.2, 0) is 0 Å². The number of benzene rings is 4. The number of carbonyl (C=O) groups is 6. The Morgan fingerprint density at radius 3 is 1.51 bits per heavy atom. The second kappa shape index (κ2) is 9.57. The molecule has 200 valence electrons. The van der Waals surface area contributed by atoms with Crippen LogP contribution in [0.3, 0.4) is 0 Å². The van der Waals surface area contributed by atoms with Crippen molar-refractivity contribution in [2.24, 2.45) is 0 Å². The third kappa shape index (κ3) is 4.24. The third-order valence-electron chi connectivity index (χ3n) is 6.67. The van der Waals surface area contributed by atoms with Crippen LogP contribution in [0.25, 0.3) is 0 Å². The molecular formula is C30H16N2O8S. The van der Waals surface area contributed by atoms with E-state index >= 15 is 0 Å². The number of fused-ring (bicyclic) bond motifs is 2. The highest BCUT2D eigenvalue weighted by Gasteiger charge is 2.38. The minimum atomic E-state index is -1.20. The molecule has 0 unspecified atom stereocenters. The summed E-state index contributed by atoms with van der Waals surface area (Å²) in [5.74, 6) is -4.73. The van der Waals surface area contributed by atoms with E-state index in [9.17, 15) is 39.0 Å². The van der Waals surface area contributed by atoms with Crippen LogP contribution in [0.15, 0.2) is 94.7 Å². The normalized spacial score (nSPS) is 14.0. The SMILES string of the molecule is O=C(O)c1ccc2c(c1)C(=O)N(c1ccc(Sc3cccc(N4C(=O)c5ccc(C(=O)O)cc5C4=O)c3)cc1)C2=O. The quantitative estimate of drug-likeness (QED) is 0.314. The van der Waals surface area contributed by atoms with Crippen molar-refractivity contribution in [3.63, 3.8) is 0 Å². The summed E-state index contributed by atoms with van der Waals surface area (Å²) in [5, 5.41) is 18.4. The number of amides is 4. The van der Waals surface area contributed by atoms with Crippen LogP contribution in [0.5, 0.6) is 0 Å². The molecule has 0 fully saturated rings. The van der Waals surface area contributed by atoms with E-state index in [0.29, 0.717) is 16.3 Å². The zero-order valence-corrected chi connectivity index (χ0v) is 21.5. The molecule has 0 aliphatic carbocycles. The standard InChI is InChI=1S/C30H16N2O8S/c33-25-21-10-4-15(29(37)38)12-23(21)27(35)31(25)17-6-8-19(9-7-17)41-20-3-1-2-18(14-20)32-26(34)22-11-5-16(30(39)40)13-24(22)28(32)36/h1-14H,(H,37,38)(H,39,40). The van der Waals surface area contributed by atoms with Crippen molar-refractivity contribution in [2.75, 3.05) is 9.80 Å². The third-order valence-corrected chi connectivity index (χ3v) is 7.67. The summed E-state index contributed by atoms with van der Waals surface area (Å²) < 4.78 is 0. The van der Waals surface area contributed by atoms with E-state index in [1.165, 1.54) is 48.2 Å². The Morgan fingerprint density at radius 2 is 1.00 bits per heavy atom. The first-order valence-corrected chi connectivity index (χ1v) is 12.9. The van der Waals surface area contributed by atoms with E-state index < -0.39 is 35.6 Å². The molecule has 4 aromatic carbocycles. The molecule has 4 aromatic rings. The predicted molar refractivity (Wildman–Crippen MR) is 146 cm³/mol. The summed E-state index contributed by atoms with van der Waals surface area (Å²) in [4.78, 5) is 77.8. The van der Waals surface area contributed by atoms with Gasteiger partial charge in [0.15, 0.2) is 0 Å². The van der Waals surface area contributed by atoms with Crippen LogP contribution in [0.1, 0.15) is 62.1 Å². The second-order valence-electron chi connectivity index (χ2n) is 9.12. The molecule has 0 radical (unpaired) electrons. The summed E-state index contributed by atoms with van der Waals surface area (Å²) >= 11 is 1.32. The lowest BCUT2D eigenvalue weighted by Crippen LogP contribution is -2.29. The van der Waals surface area contributed by atoms with Crippen molar-refractivity contribution in [3.8, 4) is 0 Å². The molecule has 0 bridgehead atoms. The Hall–Kier alpha value is -5.55. The topological polar surface area (TPSA) is 149 Å². The Bertz CT molecular complexity index is 1870. The lowest BCUT2D eigenvalue weighted by Gasteiger charge is -2.16. The number of nitrogens with zero attached hydrogens (tertiary/aromatic N) is 2. The van der Waals surface area contributed by atoms with Gasteiger partial charge in [0, 0.05) is 9.79 Å². The molecule has 10 nitrogen and oxygen atoms in total. The van der Waals surface area contributed by atoms with E-state index in [0.717, 1.165) is 14.7 Å². The van der Waals surface area contributed by atoms with Gasteiger partial charge < -0.3 is 10.2 Å². The van der Waals surface area contributed by atoms with Crippen LogP contribution in [0, 0.1) is 0 Å². The fraction of sp³-hybridized carbons (Fsp3) is 0. The fourth-order valence-corrected chi connectivity index (χ4v) is 5.57. The van der Waals surface area contributed by atoms with E-state index in [-0.39, 0.29) is 33.4 Å². The average molecular weight is 565 g/mol. The molecule has 2 heterocycles.